The van der Waals surface area contributed by atoms with E-state index in [1.165, 1.54) is 6.92 Å². The summed E-state index contributed by atoms with van der Waals surface area (Å²) in [5.74, 6) is 0.668. The third kappa shape index (κ3) is 3.07. The number of nitrogens with zero attached hydrogens (tertiary/aromatic N) is 1. The molecule has 0 bridgehead atoms. The maximum Gasteiger partial charge on any atom is 0.227 e. The zero-order valence-corrected chi connectivity index (χ0v) is 11.8. The molecule has 4 nitrogen and oxygen atoms in total. The van der Waals surface area contributed by atoms with E-state index in [9.17, 15) is 9.59 Å². The summed E-state index contributed by atoms with van der Waals surface area (Å²) in [6, 6.07) is 5.64. The Morgan fingerprint density at radius 1 is 1.53 bits per heavy atom. The van der Waals surface area contributed by atoms with Gasteiger partial charge in [-0.15, -0.1) is 11.6 Å². The fourth-order valence-electron chi connectivity index (χ4n) is 2.24. The maximum atomic E-state index is 11.9. The number of nitrogens with one attached hydrogen (secondary N) is 1. The summed E-state index contributed by atoms with van der Waals surface area (Å²) in [7, 11) is 0. The maximum absolute atomic E-state index is 11.9. The van der Waals surface area contributed by atoms with Crippen LogP contribution in [-0.4, -0.2) is 24.2 Å². The second-order valence-corrected chi connectivity index (χ2v) is 5.22. The predicted octanol–water partition coefficient (Wildman–Crippen LogP) is 2.55. The number of carbonyl (C=O) groups excluding carboxylic acids is 2. The fraction of sp³-hybridized carbons (Fsp3) is 0.429. The molecular formula is C14H17ClN2O2. The lowest BCUT2D eigenvalue weighted by Crippen LogP contribution is -2.24. The first-order valence-electron chi connectivity index (χ1n) is 6.26. The van der Waals surface area contributed by atoms with Crippen LogP contribution in [0.15, 0.2) is 18.2 Å². The number of hydrogen-bond acceptors (Lipinski definition) is 2. The molecule has 0 radical (unpaired) electrons. The van der Waals surface area contributed by atoms with Crippen LogP contribution in [0, 0.1) is 12.8 Å². The Bertz CT molecular complexity index is 516. The number of amides is 2. The average Bonchev–Trinajstić information content (AvgIpc) is 2.73. The van der Waals surface area contributed by atoms with E-state index in [0.717, 1.165) is 16.9 Å². The second-order valence-electron chi connectivity index (χ2n) is 4.91. The molecular weight excluding hydrogens is 264 g/mol. The summed E-state index contributed by atoms with van der Waals surface area (Å²) in [4.78, 5) is 24.8. The SMILES string of the molecule is CC(=O)Nc1cc(N2CC(CCl)CC2=O)ccc1C. The molecule has 1 N–H and O–H groups in total. The summed E-state index contributed by atoms with van der Waals surface area (Å²) in [6.45, 7) is 4.03. The molecule has 0 aliphatic carbocycles. The Balaban J connectivity index is 2.26. The van der Waals surface area contributed by atoms with Crippen molar-refractivity contribution >= 4 is 34.8 Å². The van der Waals surface area contributed by atoms with Crippen LogP contribution in [0.3, 0.4) is 0 Å². The Hall–Kier alpha value is -1.55. The van der Waals surface area contributed by atoms with Gasteiger partial charge < -0.3 is 10.2 Å². The van der Waals surface area contributed by atoms with Gasteiger partial charge in [-0.25, -0.2) is 0 Å². The number of aryl methyl sites for hydroxylation is 1. The fourth-order valence-corrected chi connectivity index (χ4v) is 2.44. The van der Waals surface area contributed by atoms with Gasteiger partial charge in [0.25, 0.3) is 0 Å². The van der Waals surface area contributed by atoms with Gasteiger partial charge in [0, 0.05) is 37.1 Å². The molecule has 19 heavy (non-hydrogen) atoms. The van der Waals surface area contributed by atoms with Crippen LogP contribution in [-0.2, 0) is 9.59 Å². The lowest BCUT2D eigenvalue weighted by Gasteiger charge is -2.18. The van der Waals surface area contributed by atoms with Crippen LogP contribution >= 0.6 is 11.6 Å². The Labute approximate surface area is 117 Å². The van der Waals surface area contributed by atoms with Crippen molar-refractivity contribution in [1.29, 1.82) is 0 Å². The van der Waals surface area contributed by atoms with E-state index in [4.69, 9.17) is 11.6 Å². The van der Waals surface area contributed by atoms with Crippen LogP contribution in [0.25, 0.3) is 0 Å². The van der Waals surface area contributed by atoms with Crippen LogP contribution in [0.1, 0.15) is 18.9 Å². The molecule has 0 aromatic heterocycles. The first kappa shape index (κ1) is 13.9. The van der Waals surface area contributed by atoms with Crippen molar-refractivity contribution in [2.24, 2.45) is 5.92 Å². The molecule has 102 valence electrons. The minimum Gasteiger partial charge on any atom is -0.326 e. The van der Waals surface area contributed by atoms with Crippen molar-refractivity contribution in [3.8, 4) is 0 Å². The number of halogens is 1. The highest BCUT2D eigenvalue weighted by Gasteiger charge is 2.30. The van der Waals surface area contributed by atoms with Gasteiger partial charge in [-0.1, -0.05) is 6.07 Å². The van der Waals surface area contributed by atoms with E-state index in [1.54, 1.807) is 4.90 Å². The van der Waals surface area contributed by atoms with E-state index in [1.807, 2.05) is 25.1 Å². The van der Waals surface area contributed by atoms with Gasteiger partial charge in [-0.3, -0.25) is 9.59 Å². The summed E-state index contributed by atoms with van der Waals surface area (Å²) in [5.41, 5.74) is 2.53. The van der Waals surface area contributed by atoms with Gasteiger partial charge in [0.2, 0.25) is 11.8 Å². The normalized spacial score (nSPS) is 18.8. The minimum atomic E-state index is -0.119. The Kier molecular flexibility index (Phi) is 4.10. The molecule has 0 saturated carbocycles. The summed E-state index contributed by atoms with van der Waals surface area (Å²) in [5, 5.41) is 2.77. The molecule has 1 aromatic carbocycles. The molecule has 1 unspecified atom stereocenters. The van der Waals surface area contributed by atoms with E-state index >= 15 is 0 Å². The van der Waals surface area contributed by atoms with Crippen molar-refractivity contribution < 1.29 is 9.59 Å². The molecule has 5 heteroatoms. The first-order valence-corrected chi connectivity index (χ1v) is 6.79. The average molecular weight is 281 g/mol. The van der Waals surface area contributed by atoms with Gasteiger partial charge in [0.05, 0.1) is 0 Å². The molecule has 0 spiro atoms. The molecule has 1 saturated heterocycles. The number of benzene rings is 1. The molecule has 1 aliphatic heterocycles. The third-order valence-corrected chi connectivity index (χ3v) is 3.70. The van der Waals surface area contributed by atoms with Crippen LogP contribution in [0.4, 0.5) is 11.4 Å². The largest absolute Gasteiger partial charge is 0.326 e. The van der Waals surface area contributed by atoms with Crippen LogP contribution < -0.4 is 10.2 Å². The van der Waals surface area contributed by atoms with Gasteiger partial charge in [0.15, 0.2) is 0 Å². The predicted molar refractivity (Wildman–Crippen MR) is 76.7 cm³/mol. The number of hydrogen-bond donors (Lipinski definition) is 1. The topological polar surface area (TPSA) is 49.4 Å². The van der Waals surface area contributed by atoms with Crippen molar-refractivity contribution in [1.82, 2.24) is 0 Å². The highest BCUT2D eigenvalue weighted by molar-refractivity contribution is 6.18. The van der Waals surface area contributed by atoms with Crippen molar-refractivity contribution in [3.63, 3.8) is 0 Å². The van der Waals surface area contributed by atoms with Gasteiger partial charge in [0.1, 0.15) is 0 Å². The standard InChI is InChI=1S/C14H17ClN2O2/c1-9-3-4-12(6-13(9)16-10(2)18)17-8-11(7-15)5-14(17)19/h3-4,6,11H,5,7-8H2,1-2H3,(H,16,18). The highest BCUT2D eigenvalue weighted by atomic mass is 35.5. The molecule has 1 heterocycles. The van der Waals surface area contributed by atoms with Gasteiger partial charge >= 0.3 is 0 Å². The number of rotatable bonds is 3. The quantitative estimate of drug-likeness (QED) is 0.865. The van der Waals surface area contributed by atoms with Gasteiger partial charge in [-0.05, 0) is 30.5 Å². The summed E-state index contributed by atoms with van der Waals surface area (Å²) in [6.07, 6.45) is 0.493. The lowest BCUT2D eigenvalue weighted by atomic mass is 10.1. The second kappa shape index (κ2) is 5.61. The van der Waals surface area contributed by atoms with E-state index < -0.39 is 0 Å². The monoisotopic (exact) mass is 280 g/mol. The minimum absolute atomic E-state index is 0.0864. The van der Waals surface area contributed by atoms with Crippen molar-refractivity contribution in [2.75, 3.05) is 22.6 Å². The molecule has 1 aromatic rings. The number of alkyl halides is 1. The van der Waals surface area contributed by atoms with E-state index in [-0.39, 0.29) is 17.7 Å². The summed E-state index contributed by atoms with van der Waals surface area (Å²) >= 11 is 5.82. The van der Waals surface area contributed by atoms with Gasteiger partial charge in [-0.2, -0.15) is 0 Å². The highest BCUT2D eigenvalue weighted by Crippen LogP contribution is 2.29. The molecule has 2 rings (SSSR count). The lowest BCUT2D eigenvalue weighted by molar-refractivity contribution is -0.117. The molecule has 2 amide bonds. The number of anilines is 2. The third-order valence-electron chi connectivity index (χ3n) is 3.27. The smallest absolute Gasteiger partial charge is 0.227 e. The Morgan fingerprint density at radius 3 is 2.84 bits per heavy atom. The molecule has 1 aliphatic rings. The van der Waals surface area contributed by atoms with Crippen molar-refractivity contribution in [2.45, 2.75) is 20.3 Å². The molecule has 1 fully saturated rings. The van der Waals surface area contributed by atoms with E-state index in [2.05, 4.69) is 5.32 Å². The van der Waals surface area contributed by atoms with Crippen LogP contribution in [0.5, 0.6) is 0 Å². The summed E-state index contributed by atoms with van der Waals surface area (Å²) < 4.78 is 0. The zero-order valence-electron chi connectivity index (χ0n) is 11.1. The number of carbonyl (C=O) groups is 2. The molecule has 1 atom stereocenters. The zero-order chi connectivity index (χ0) is 14.0. The Morgan fingerprint density at radius 2 is 2.26 bits per heavy atom. The first-order chi connectivity index (χ1) is 9.01. The van der Waals surface area contributed by atoms with E-state index in [0.29, 0.717) is 18.8 Å². The van der Waals surface area contributed by atoms with Crippen LogP contribution in [0.2, 0.25) is 0 Å². The van der Waals surface area contributed by atoms with Crippen molar-refractivity contribution in [3.05, 3.63) is 23.8 Å².